The lowest BCUT2D eigenvalue weighted by molar-refractivity contribution is 0.122. The molecule has 212 valence electrons. The number of fused-ring (bicyclic) bond motifs is 3. The Kier molecular flexibility index (Phi) is 8.07. The van der Waals surface area contributed by atoms with Gasteiger partial charge in [0.2, 0.25) is 0 Å². The van der Waals surface area contributed by atoms with E-state index < -0.39 is 5.60 Å². The van der Waals surface area contributed by atoms with Crippen LogP contribution in [-0.4, -0.2) is 26.3 Å². The number of benzene rings is 5. The summed E-state index contributed by atoms with van der Waals surface area (Å²) in [5.41, 5.74) is 3.80. The number of hydrogen-bond acceptors (Lipinski definition) is 3. The number of rotatable bonds is 4. The summed E-state index contributed by atoms with van der Waals surface area (Å²) in [6.07, 6.45) is 4.10. The molecule has 0 aliphatic carbocycles. The summed E-state index contributed by atoms with van der Waals surface area (Å²) in [6, 6.07) is 37.9. The third-order valence-corrected chi connectivity index (χ3v) is 8.08. The highest BCUT2D eigenvalue weighted by atomic mass is 19.1. The van der Waals surface area contributed by atoms with Crippen molar-refractivity contribution < 1.29 is 13.9 Å². The molecule has 0 N–H and O–H groups in total. The van der Waals surface area contributed by atoms with Gasteiger partial charge in [0.15, 0.2) is 5.60 Å². The Hall–Kier alpha value is -4.41. The molecule has 0 radical (unpaired) electrons. The average Bonchev–Trinajstić information content (AvgIpc) is 3.06. The summed E-state index contributed by atoms with van der Waals surface area (Å²) in [6.45, 7) is 7.61. The van der Waals surface area contributed by atoms with E-state index in [0.717, 1.165) is 54.3 Å². The minimum Gasteiger partial charge on any atom is -0.473 e. The Morgan fingerprint density at radius 3 is 2.12 bits per heavy atom. The molecule has 7 rings (SSSR count). The molecule has 2 aliphatic rings. The van der Waals surface area contributed by atoms with Gasteiger partial charge in [0.1, 0.15) is 11.6 Å². The number of hydrogen-bond donors (Lipinski definition) is 0. The Bertz CT molecular complexity index is 1650. The normalized spacial score (nSPS) is 17.8. The van der Waals surface area contributed by atoms with Crippen LogP contribution in [0.25, 0.3) is 16.8 Å². The fraction of sp³-hybridized carbons (Fsp3) is 0.211. The number of ether oxygens (including phenoxy) is 2. The molecule has 2 heterocycles. The van der Waals surface area contributed by atoms with E-state index in [0.29, 0.717) is 11.5 Å². The van der Waals surface area contributed by atoms with Crippen molar-refractivity contribution in [3.8, 4) is 5.75 Å². The summed E-state index contributed by atoms with van der Waals surface area (Å²) in [5.74, 6) is 0.930. The van der Waals surface area contributed by atoms with Crippen LogP contribution in [0.5, 0.6) is 5.75 Å². The highest BCUT2D eigenvalue weighted by molar-refractivity contribution is 5.94. The second kappa shape index (κ2) is 12.2. The second-order valence-electron chi connectivity index (χ2n) is 11.1. The summed E-state index contributed by atoms with van der Waals surface area (Å²) in [4.78, 5) is 2.31. The molecule has 42 heavy (non-hydrogen) atoms. The van der Waals surface area contributed by atoms with Crippen LogP contribution in [0, 0.1) is 5.82 Å². The predicted molar refractivity (Wildman–Crippen MR) is 171 cm³/mol. The molecule has 0 saturated carbocycles. The van der Waals surface area contributed by atoms with E-state index in [1.807, 2.05) is 60.7 Å². The summed E-state index contributed by atoms with van der Waals surface area (Å²) < 4.78 is 27.6. The van der Waals surface area contributed by atoms with Crippen LogP contribution in [0.4, 0.5) is 10.1 Å². The Balaban J connectivity index is 0.000000470. The van der Waals surface area contributed by atoms with Crippen LogP contribution in [0.2, 0.25) is 0 Å². The fourth-order valence-corrected chi connectivity index (χ4v) is 5.72. The molecule has 0 aromatic heterocycles. The van der Waals surface area contributed by atoms with Gasteiger partial charge in [-0.3, -0.25) is 0 Å². The average molecular weight is 558 g/mol. The zero-order valence-corrected chi connectivity index (χ0v) is 24.2. The van der Waals surface area contributed by atoms with Crippen molar-refractivity contribution in [2.24, 2.45) is 0 Å². The van der Waals surface area contributed by atoms with Crippen molar-refractivity contribution in [3.05, 3.63) is 149 Å². The molecule has 4 heteroatoms. The van der Waals surface area contributed by atoms with E-state index in [-0.39, 0.29) is 5.82 Å². The molecule has 0 bridgehead atoms. The molecule has 3 nitrogen and oxygen atoms in total. The van der Waals surface area contributed by atoms with Gasteiger partial charge in [0.05, 0.1) is 13.2 Å². The lowest BCUT2D eigenvalue weighted by Gasteiger charge is -2.37. The highest BCUT2D eigenvalue weighted by Gasteiger charge is 2.39. The predicted octanol–water partition coefficient (Wildman–Crippen LogP) is 8.97. The van der Waals surface area contributed by atoms with Gasteiger partial charge in [-0.05, 0) is 58.7 Å². The maximum Gasteiger partial charge on any atom is 0.180 e. The van der Waals surface area contributed by atoms with Crippen molar-refractivity contribution >= 4 is 22.5 Å². The topological polar surface area (TPSA) is 21.7 Å². The van der Waals surface area contributed by atoms with Gasteiger partial charge in [-0.2, -0.15) is 0 Å². The maximum atomic E-state index is 15.3. The van der Waals surface area contributed by atoms with Gasteiger partial charge < -0.3 is 14.4 Å². The minimum atomic E-state index is -1.06. The monoisotopic (exact) mass is 557 g/mol. The van der Waals surface area contributed by atoms with Crippen molar-refractivity contribution in [2.75, 3.05) is 31.2 Å². The molecular weight excluding hydrogens is 521 g/mol. The van der Waals surface area contributed by atoms with Crippen LogP contribution in [-0.2, 0) is 10.3 Å². The molecule has 1 atom stereocenters. The summed E-state index contributed by atoms with van der Waals surface area (Å²) >= 11 is 0. The van der Waals surface area contributed by atoms with Gasteiger partial charge in [-0.15, -0.1) is 0 Å². The largest absolute Gasteiger partial charge is 0.473 e. The smallest absolute Gasteiger partial charge is 0.180 e. The van der Waals surface area contributed by atoms with Gasteiger partial charge >= 0.3 is 0 Å². The van der Waals surface area contributed by atoms with E-state index in [2.05, 4.69) is 73.4 Å². The van der Waals surface area contributed by atoms with Gasteiger partial charge in [0.25, 0.3) is 0 Å². The molecular formula is C38H36FNO2. The van der Waals surface area contributed by atoms with E-state index in [4.69, 9.17) is 9.47 Å². The minimum absolute atomic E-state index is 0.287. The van der Waals surface area contributed by atoms with Gasteiger partial charge in [-0.1, -0.05) is 105 Å². The van der Waals surface area contributed by atoms with Crippen LogP contribution in [0.15, 0.2) is 121 Å². The molecule has 0 spiro atoms. The first-order chi connectivity index (χ1) is 20.5. The SMILES string of the molecule is CC(C)c1ccc2c3c(ccc2c1)OC(c1ccc(N2CCOCC2)cc1)(c1ccccc1F)C=C3.c1ccccc1. The molecule has 2 aliphatic heterocycles. The molecule has 1 fully saturated rings. The number of morpholine rings is 1. The summed E-state index contributed by atoms with van der Waals surface area (Å²) in [7, 11) is 0. The van der Waals surface area contributed by atoms with E-state index >= 15 is 4.39 Å². The van der Waals surface area contributed by atoms with Crippen molar-refractivity contribution in [2.45, 2.75) is 25.4 Å². The number of anilines is 1. The number of halogens is 1. The second-order valence-corrected chi connectivity index (χ2v) is 11.1. The van der Waals surface area contributed by atoms with Crippen LogP contribution >= 0.6 is 0 Å². The number of nitrogens with zero attached hydrogens (tertiary/aromatic N) is 1. The van der Waals surface area contributed by atoms with E-state index in [9.17, 15) is 0 Å². The van der Waals surface area contributed by atoms with Gasteiger partial charge in [-0.25, -0.2) is 4.39 Å². The van der Waals surface area contributed by atoms with E-state index in [1.165, 1.54) is 17.0 Å². The zero-order valence-electron chi connectivity index (χ0n) is 24.2. The lowest BCUT2D eigenvalue weighted by Crippen LogP contribution is -2.37. The van der Waals surface area contributed by atoms with Crippen molar-refractivity contribution in [3.63, 3.8) is 0 Å². The first kappa shape index (κ1) is 27.7. The Morgan fingerprint density at radius 1 is 0.762 bits per heavy atom. The molecule has 5 aromatic rings. The Morgan fingerprint density at radius 2 is 1.45 bits per heavy atom. The first-order valence-corrected chi connectivity index (χ1v) is 14.7. The Labute approximate surface area is 247 Å². The molecule has 0 amide bonds. The van der Waals surface area contributed by atoms with Crippen LogP contribution in [0.3, 0.4) is 0 Å². The highest BCUT2D eigenvalue weighted by Crippen LogP contribution is 2.45. The molecule has 1 saturated heterocycles. The zero-order chi connectivity index (χ0) is 28.9. The summed E-state index contributed by atoms with van der Waals surface area (Å²) in [5, 5.41) is 2.32. The fourth-order valence-electron chi connectivity index (χ4n) is 5.72. The lowest BCUT2D eigenvalue weighted by atomic mass is 9.82. The molecule has 1 unspecified atom stereocenters. The van der Waals surface area contributed by atoms with Crippen LogP contribution in [0.1, 0.15) is 42.0 Å². The quantitative estimate of drug-likeness (QED) is 0.220. The van der Waals surface area contributed by atoms with Crippen molar-refractivity contribution in [1.29, 1.82) is 0 Å². The van der Waals surface area contributed by atoms with E-state index in [1.54, 1.807) is 6.07 Å². The third-order valence-electron chi connectivity index (χ3n) is 8.08. The third kappa shape index (κ3) is 5.55. The van der Waals surface area contributed by atoms with Crippen LogP contribution < -0.4 is 9.64 Å². The maximum absolute atomic E-state index is 15.3. The first-order valence-electron chi connectivity index (χ1n) is 14.7. The van der Waals surface area contributed by atoms with Gasteiger partial charge in [0, 0.05) is 35.5 Å². The standard InChI is InChI=1S/C32H30FNO2.C6H6/c1-22(2)23-7-13-27-24(21-23)8-14-31-28(27)15-16-32(36-31,29-5-3-4-6-30(29)33)25-9-11-26(12-10-25)34-17-19-35-20-18-34;1-2-4-6-5-3-1/h3-16,21-22H,17-20H2,1-2H3;1-6H. The van der Waals surface area contributed by atoms with Crippen molar-refractivity contribution in [1.82, 2.24) is 0 Å². The molecule has 5 aromatic carbocycles.